The first-order valence-electron chi connectivity index (χ1n) is 9.36. The fourth-order valence-electron chi connectivity index (χ4n) is 3.04. The van der Waals surface area contributed by atoms with Gasteiger partial charge in [-0.2, -0.15) is 5.26 Å². The molecule has 0 aliphatic carbocycles. The highest BCUT2D eigenvalue weighted by molar-refractivity contribution is 7.58. The van der Waals surface area contributed by atoms with Crippen LogP contribution >= 0.6 is 11.6 Å². The highest BCUT2D eigenvalue weighted by Gasteiger charge is 2.22. The van der Waals surface area contributed by atoms with E-state index in [0.29, 0.717) is 21.8 Å². The number of nitrogens with two attached hydrogens (primary N) is 1. The van der Waals surface area contributed by atoms with Crippen LogP contribution in [0.2, 0.25) is 5.02 Å². The Morgan fingerprint density at radius 3 is 2.39 bits per heavy atom. The van der Waals surface area contributed by atoms with Crippen molar-refractivity contribution in [2.24, 2.45) is 0 Å². The summed E-state index contributed by atoms with van der Waals surface area (Å²) < 4.78 is 5.09. The van der Waals surface area contributed by atoms with Crippen molar-refractivity contribution in [2.45, 2.75) is 38.1 Å². The first-order valence-corrected chi connectivity index (χ1v) is 10.1. The second-order valence-corrected chi connectivity index (χ2v) is 7.22. The number of carbonyl (C=O) groups excluding carboxylic acids is 1. The maximum atomic E-state index is 12.3. The van der Waals surface area contributed by atoms with E-state index < -0.39 is 5.97 Å². The van der Waals surface area contributed by atoms with Crippen LogP contribution in [0.15, 0.2) is 29.3 Å². The van der Waals surface area contributed by atoms with Gasteiger partial charge in [-0.1, -0.05) is 28.8 Å². The minimum Gasteiger partial charge on any atom is -0.759 e. The number of aryl methyl sites for hydroxylation is 1. The molecule has 2 heterocycles. The van der Waals surface area contributed by atoms with Crippen LogP contribution in [0, 0.1) is 18.3 Å². The fraction of sp³-hybridized carbons (Fsp3) is 0.381. The Hall–Kier alpha value is -2.20. The second kappa shape index (κ2) is 11.0. The Labute approximate surface area is 176 Å². The minimum absolute atomic E-state index is 0.165. The van der Waals surface area contributed by atoms with E-state index in [-0.39, 0.29) is 22.8 Å². The number of hydrogen-bond acceptors (Lipinski definition) is 5. The zero-order valence-electron chi connectivity index (χ0n) is 16.1. The molecule has 2 aromatic rings. The molecule has 7 heteroatoms. The average Bonchev–Trinajstić information content (AvgIpc) is 2.70. The standard InChI is InChI=1S/C16H13ClN2O2S.C5H11N/c1-3-21-16(20)13-9(2)19-15(22)12(8-18)14(13)10-4-6-11(17)7-5-10;1-2-4-6-5-3-1/h4-7H,3H2,1-2H3,(H,19,22);6H,1-5H2. The average molecular weight is 418 g/mol. The summed E-state index contributed by atoms with van der Waals surface area (Å²) in [7, 11) is 0. The monoisotopic (exact) mass is 417 g/mol. The SMILES string of the molecule is C1CC[NH2+]CC1.CCOC(=O)c1c(C)nc([S-])c(C#N)c1-c1ccc(Cl)cc1. The van der Waals surface area contributed by atoms with Crippen molar-refractivity contribution >= 4 is 30.2 Å². The third kappa shape index (κ3) is 5.65. The maximum Gasteiger partial charge on any atom is 0.340 e. The molecule has 5 nitrogen and oxygen atoms in total. The van der Waals surface area contributed by atoms with Crippen LogP contribution < -0.4 is 5.32 Å². The van der Waals surface area contributed by atoms with Crippen LogP contribution in [0.5, 0.6) is 0 Å². The molecule has 1 saturated heterocycles. The van der Waals surface area contributed by atoms with Gasteiger partial charge in [-0.3, -0.25) is 4.98 Å². The number of benzene rings is 1. The quantitative estimate of drug-likeness (QED) is 0.611. The molecule has 1 fully saturated rings. The molecule has 148 valence electrons. The maximum absolute atomic E-state index is 12.3. The first kappa shape index (κ1) is 22.1. The number of rotatable bonds is 3. The molecule has 1 aromatic heterocycles. The van der Waals surface area contributed by atoms with Gasteiger partial charge in [-0.25, -0.2) is 4.79 Å². The Morgan fingerprint density at radius 2 is 1.93 bits per heavy atom. The van der Waals surface area contributed by atoms with Gasteiger partial charge in [-0.15, -0.1) is 0 Å². The van der Waals surface area contributed by atoms with Crippen molar-refractivity contribution in [2.75, 3.05) is 19.7 Å². The summed E-state index contributed by atoms with van der Waals surface area (Å²) in [5.41, 5.74) is 1.99. The lowest BCUT2D eigenvalue weighted by Crippen LogP contribution is -2.85. The number of quaternary nitrogens is 1. The van der Waals surface area contributed by atoms with E-state index in [1.54, 1.807) is 38.1 Å². The van der Waals surface area contributed by atoms with Crippen molar-refractivity contribution in [1.82, 2.24) is 4.98 Å². The Kier molecular flexibility index (Phi) is 8.65. The predicted molar refractivity (Wildman–Crippen MR) is 111 cm³/mol. The summed E-state index contributed by atoms with van der Waals surface area (Å²) in [5.74, 6) is -0.524. The molecule has 0 spiro atoms. The van der Waals surface area contributed by atoms with Crippen molar-refractivity contribution in [3.8, 4) is 17.2 Å². The number of nitriles is 1. The number of pyridine rings is 1. The second-order valence-electron chi connectivity index (χ2n) is 6.39. The molecule has 2 N–H and O–H groups in total. The molecule has 0 saturated carbocycles. The van der Waals surface area contributed by atoms with Crippen molar-refractivity contribution in [1.29, 1.82) is 5.26 Å². The third-order valence-electron chi connectivity index (χ3n) is 4.39. The summed E-state index contributed by atoms with van der Waals surface area (Å²) in [6, 6.07) is 8.87. The summed E-state index contributed by atoms with van der Waals surface area (Å²) in [5, 5.41) is 12.5. The summed E-state index contributed by atoms with van der Waals surface area (Å²) in [4.78, 5) is 16.4. The van der Waals surface area contributed by atoms with Crippen LogP contribution in [-0.4, -0.2) is 30.6 Å². The molecule has 0 radical (unpaired) electrons. The third-order valence-corrected chi connectivity index (χ3v) is 4.93. The molecule has 28 heavy (non-hydrogen) atoms. The number of ether oxygens (including phenoxy) is 1. The van der Waals surface area contributed by atoms with Crippen molar-refractivity contribution in [3.63, 3.8) is 0 Å². The zero-order valence-corrected chi connectivity index (χ0v) is 17.7. The van der Waals surface area contributed by atoms with Gasteiger partial charge in [0.15, 0.2) is 0 Å². The number of piperidine rings is 1. The van der Waals surface area contributed by atoms with Crippen molar-refractivity contribution in [3.05, 3.63) is 46.1 Å². The van der Waals surface area contributed by atoms with Crippen LogP contribution in [0.4, 0.5) is 0 Å². The van der Waals surface area contributed by atoms with Gasteiger partial charge in [0.05, 0.1) is 42.6 Å². The molecule has 0 amide bonds. The van der Waals surface area contributed by atoms with E-state index in [4.69, 9.17) is 29.0 Å². The molecular formula is C21H24ClN3O2S. The Morgan fingerprint density at radius 1 is 1.29 bits per heavy atom. The van der Waals surface area contributed by atoms with E-state index in [9.17, 15) is 10.1 Å². The summed E-state index contributed by atoms with van der Waals surface area (Å²) >= 11 is 11.0. The molecule has 1 aromatic carbocycles. The van der Waals surface area contributed by atoms with E-state index in [2.05, 4.69) is 10.3 Å². The van der Waals surface area contributed by atoms with E-state index in [0.717, 1.165) is 0 Å². The van der Waals surface area contributed by atoms with Crippen LogP contribution in [0.25, 0.3) is 11.1 Å². The zero-order chi connectivity index (χ0) is 20.5. The van der Waals surface area contributed by atoms with E-state index in [1.165, 1.54) is 32.4 Å². The fourth-order valence-corrected chi connectivity index (χ4v) is 3.45. The van der Waals surface area contributed by atoms with Gasteiger partial charge in [-0.05, 0) is 50.8 Å². The summed E-state index contributed by atoms with van der Waals surface area (Å²) in [6.07, 6.45) is 4.36. The molecule has 0 unspecified atom stereocenters. The van der Waals surface area contributed by atoms with Crippen LogP contribution in [-0.2, 0) is 17.4 Å². The highest BCUT2D eigenvalue weighted by Crippen LogP contribution is 2.32. The number of nitrogens with zero attached hydrogens (tertiary/aromatic N) is 2. The summed E-state index contributed by atoms with van der Waals surface area (Å²) in [6.45, 7) is 6.37. The smallest absolute Gasteiger partial charge is 0.340 e. The van der Waals surface area contributed by atoms with Gasteiger partial charge in [0.25, 0.3) is 0 Å². The number of aromatic nitrogens is 1. The van der Waals surface area contributed by atoms with Crippen molar-refractivity contribution < 1.29 is 14.8 Å². The predicted octanol–water partition coefficient (Wildman–Crippen LogP) is 3.40. The first-order chi connectivity index (χ1) is 13.5. The van der Waals surface area contributed by atoms with E-state index in [1.807, 2.05) is 6.07 Å². The molecule has 0 bridgehead atoms. The number of hydrogen-bond donors (Lipinski definition) is 1. The molecule has 1 aliphatic heterocycles. The lowest BCUT2D eigenvalue weighted by Gasteiger charge is -2.18. The normalized spacial score (nSPS) is 13.1. The molecular weight excluding hydrogens is 394 g/mol. The Bertz CT molecular complexity index is 848. The lowest BCUT2D eigenvalue weighted by atomic mass is 9.95. The number of esters is 1. The van der Waals surface area contributed by atoms with Gasteiger partial charge in [0.1, 0.15) is 0 Å². The number of halogens is 1. The van der Waals surface area contributed by atoms with Gasteiger partial charge < -0.3 is 22.7 Å². The van der Waals surface area contributed by atoms with E-state index >= 15 is 0 Å². The topological polar surface area (TPSA) is 79.6 Å². The highest BCUT2D eigenvalue weighted by atomic mass is 35.5. The molecule has 1 aliphatic rings. The lowest BCUT2D eigenvalue weighted by molar-refractivity contribution is -0.662. The minimum atomic E-state index is -0.524. The van der Waals surface area contributed by atoms with Crippen LogP contribution in [0.1, 0.15) is 47.8 Å². The van der Waals surface area contributed by atoms with Gasteiger partial charge in [0.2, 0.25) is 0 Å². The van der Waals surface area contributed by atoms with Crippen LogP contribution in [0.3, 0.4) is 0 Å². The molecule has 0 atom stereocenters. The number of carbonyl (C=O) groups is 1. The van der Waals surface area contributed by atoms with Gasteiger partial charge in [0, 0.05) is 10.6 Å². The molecule has 3 rings (SSSR count). The largest absolute Gasteiger partial charge is 0.759 e. The Balaban J connectivity index is 0.000000397. The van der Waals surface area contributed by atoms with Gasteiger partial charge >= 0.3 is 5.97 Å².